The van der Waals surface area contributed by atoms with Crippen LogP contribution in [0.5, 0.6) is 0 Å². The molecule has 0 aliphatic heterocycles. The zero-order chi connectivity index (χ0) is 15.5. The number of aliphatic carboxylic acids is 1. The van der Waals surface area contributed by atoms with Crippen LogP contribution in [-0.2, 0) is 14.6 Å². The van der Waals surface area contributed by atoms with Gasteiger partial charge in [0.1, 0.15) is 10.7 Å². The van der Waals surface area contributed by atoms with E-state index < -0.39 is 15.8 Å². The number of pyridine rings is 1. The Kier molecular flexibility index (Phi) is 4.82. The van der Waals surface area contributed by atoms with Crippen molar-refractivity contribution in [2.75, 3.05) is 18.1 Å². The highest BCUT2D eigenvalue weighted by Gasteiger charge is 2.30. The molecule has 0 radical (unpaired) electrons. The summed E-state index contributed by atoms with van der Waals surface area (Å²) in [5, 5.41) is 12.3. The quantitative estimate of drug-likeness (QED) is 0.860. The lowest BCUT2D eigenvalue weighted by atomic mass is 9.79. The molecule has 1 aromatic heterocycles. The third-order valence-electron chi connectivity index (χ3n) is 3.93. The van der Waals surface area contributed by atoms with Crippen LogP contribution in [0.25, 0.3) is 0 Å². The maximum Gasteiger partial charge on any atom is 0.306 e. The van der Waals surface area contributed by atoms with E-state index in [2.05, 4.69) is 10.3 Å². The Bertz CT molecular complexity index is 615. The second-order valence-electron chi connectivity index (χ2n) is 5.49. The predicted octanol–water partition coefficient (Wildman–Crippen LogP) is 1.79. The topological polar surface area (TPSA) is 96.4 Å². The summed E-state index contributed by atoms with van der Waals surface area (Å²) in [6, 6.07) is 3.07. The van der Waals surface area contributed by atoms with E-state index in [0.29, 0.717) is 18.8 Å². The summed E-state index contributed by atoms with van der Waals surface area (Å²) in [4.78, 5) is 15.5. The minimum Gasteiger partial charge on any atom is -0.481 e. The van der Waals surface area contributed by atoms with Gasteiger partial charge in [0.15, 0.2) is 9.84 Å². The number of aromatic nitrogens is 1. The maximum atomic E-state index is 11.7. The van der Waals surface area contributed by atoms with E-state index in [4.69, 9.17) is 0 Å². The summed E-state index contributed by atoms with van der Waals surface area (Å²) in [5.41, 5.74) is 0. The Hall–Kier alpha value is -1.63. The third-order valence-corrected chi connectivity index (χ3v) is 5.06. The molecule has 0 saturated heterocycles. The summed E-state index contributed by atoms with van der Waals surface area (Å²) >= 11 is 0. The number of carboxylic acid groups (broad SMARTS) is 1. The van der Waals surface area contributed by atoms with Crippen molar-refractivity contribution in [3.8, 4) is 0 Å². The second kappa shape index (κ2) is 6.43. The largest absolute Gasteiger partial charge is 0.481 e. The van der Waals surface area contributed by atoms with Crippen molar-refractivity contribution in [2.24, 2.45) is 11.8 Å². The third kappa shape index (κ3) is 3.93. The first-order valence-electron chi connectivity index (χ1n) is 7.01. The van der Waals surface area contributed by atoms with E-state index in [-0.39, 0.29) is 16.7 Å². The van der Waals surface area contributed by atoms with Crippen molar-refractivity contribution in [3.05, 3.63) is 18.3 Å². The van der Waals surface area contributed by atoms with E-state index in [0.717, 1.165) is 25.5 Å². The van der Waals surface area contributed by atoms with Gasteiger partial charge >= 0.3 is 5.97 Å². The van der Waals surface area contributed by atoms with Crippen molar-refractivity contribution in [3.63, 3.8) is 0 Å². The summed E-state index contributed by atoms with van der Waals surface area (Å²) in [6.07, 6.45) is 6.12. The Balaban J connectivity index is 2.11. The average Bonchev–Trinajstić information content (AvgIpc) is 2.44. The van der Waals surface area contributed by atoms with Crippen molar-refractivity contribution in [1.29, 1.82) is 0 Å². The predicted molar refractivity (Wildman–Crippen MR) is 78.9 cm³/mol. The van der Waals surface area contributed by atoms with E-state index in [1.165, 1.54) is 12.3 Å². The lowest BCUT2D eigenvalue weighted by molar-refractivity contribution is -0.144. The van der Waals surface area contributed by atoms with Gasteiger partial charge in [0, 0.05) is 19.0 Å². The van der Waals surface area contributed by atoms with Gasteiger partial charge in [0.05, 0.1) is 5.92 Å². The SMILES string of the molecule is CS(=O)(=O)c1cccnc1NCC1CCCCC1C(=O)O. The molecule has 1 saturated carbocycles. The fraction of sp³-hybridized carbons (Fsp3) is 0.571. The number of nitrogens with zero attached hydrogens (tertiary/aromatic N) is 1. The van der Waals surface area contributed by atoms with Crippen molar-refractivity contribution >= 4 is 21.6 Å². The van der Waals surface area contributed by atoms with Gasteiger partial charge in [-0.2, -0.15) is 0 Å². The van der Waals surface area contributed by atoms with Crippen LogP contribution in [-0.4, -0.2) is 37.3 Å². The Morgan fingerprint density at radius 3 is 2.81 bits per heavy atom. The first-order valence-corrected chi connectivity index (χ1v) is 8.90. The van der Waals surface area contributed by atoms with Gasteiger partial charge in [0.2, 0.25) is 0 Å². The molecule has 1 aromatic rings. The number of sulfone groups is 1. The first kappa shape index (κ1) is 15.8. The fourth-order valence-electron chi connectivity index (χ4n) is 2.83. The molecule has 7 heteroatoms. The van der Waals surface area contributed by atoms with Crippen molar-refractivity contribution in [1.82, 2.24) is 4.98 Å². The van der Waals surface area contributed by atoms with E-state index >= 15 is 0 Å². The standard InChI is InChI=1S/C14H20N2O4S/c1-21(19,20)12-7-4-8-15-13(12)16-9-10-5-2-3-6-11(10)14(17)18/h4,7-8,10-11H,2-3,5-6,9H2,1H3,(H,15,16)(H,17,18). The van der Waals surface area contributed by atoms with Crippen LogP contribution >= 0.6 is 0 Å². The molecule has 0 aromatic carbocycles. The van der Waals surface area contributed by atoms with Gasteiger partial charge < -0.3 is 10.4 Å². The molecule has 1 aliphatic carbocycles. The van der Waals surface area contributed by atoms with Crippen LogP contribution in [0.1, 0.15) is 25.7 Å². The molecule has 2 rings (SSSR count). The van der Waals surface area contributed by atoms with E-state index in [1.807, 2.05) is 0 Å². The minimum atomic E-state index is -3.36. The van der Waals surface area contributed by atoms with Gasteiger partial charge in [-0.1, -0.05) is 12.8 Å². The monoisotopic (exact) mass is 312 g/mol. The molecule has 0 amide bonds. The van der Waals surface area contributed by atoms with Crippen molar-refractivity contribution < 1.29 is 18.3 Å². The fourth-order valence-corrected chi connectivity index (χ4v) is 3.63. The number of carboxylic acids is 1. The summed E-state index contributed by atoms with van der Waals surface area (Å²) < 4.78 is 23.4. The molecule has 2 unspecified atom stereocenters. The number of carbonyl (C=O) groups is 1. The summed E-state index contributed by atoms with van der Waals surface area (Å²) in [5.74, 6) is -0.831. The smallest absolute Gasteiger partial charge is 0.306 e. The number of hydrogen-bond acceptors (Lipinski definition) is 5. The lowest BCUT2D eigenvalue weighted by Gasteiger charge is -2.28. The molecule has 1 aliphatic rings. The van der Waals surface area contributed by atoms with Gasteiger partial charge in [-0.25, -0.2) is 13.4 Å². The van der Waals surface area contributed by atoms with Crippen LogP contribution in [0.3, 0.4) is 0 Å². The van der Waals surface area contributed by atoms with E-state index in [1.54, 1.807) is 6.07 Å². The molecule has 0 spiro atoms. The van der Waals surface area contributed by atoms with Crippen LogP contribution in [0, 0.1) is 11.8 Å². The van der Waals surface area contributed by atoms with Crippen LogP contribution < -0.4 is 5.32 Å². The van der Waals surface area contributed by atoms with Crippen LogP contribution in [0.2, 0.25) is 0 Å². The molecular weight excluding hydrogens is 292 g/mol. The number of rotatable bonds is 5. The summed E-state index contributed by atoms with van der Waals surface area (Å²) in [7, 11) is -3.36. The normalized spacial score (nSPS) is 22.7. The Morgan fingerprint density at radius 2 is 2.14 bits per heavy atom. The van der Waals surface area contributed by atoms with Gasteiger partial charge in [-0.05, 0) is 30.9 Å². The van der Waals surface area contributed by atoms with Gasteiger partial charge in [-0.15, -0.1) is 0 Å². The Morgan fingerprint density at radius 1 is 1.43 bits per heavy atom. The van der Waals surface area contributed by atoms with E-state index in [9.17, 15) is 18.3 Å². The van der Waals surface area contributed by atoms with Gasteiger partial charge in [-0.3, -0.25) is 4.79 Å². The van der Waals surface area contributed by atoms with Crippen molar-refractivity contribution in [2.45, 2.75) is 30.6 Å². The van der Waals surface area contributed by atoms with Gasteiger partial charge in [0.25, 0.3) is 0 Å². The average molecular weight is 312 g/mol. The maximum absolute atomic E-state index is 11.7. The molecule has 2 atom stereocenters. The van der Waals surface area contributed by atoms with Crippen LogP contribution in [0.15, 0.2) is 23.2 Å². The lowest BCUT2D eigenvalue weighted by Crippen LogP contribution is -2.32. The Labute approximate surface area is 124 Å². The first-order chi connectivity index (χ1) is 9.89. The molecule has 0 bridgehead atoms. The number of hydrogen-bond donors (Lipinski definition) is 2. The zero-order valence-corrected chi connectivity index (χ0v) is 12.8. The minimum absolute atomic E-state index is 0.00525. The molecule has 2 N–H and O–H groups in total. The molecule has 1 heterocycles. The highest BCUT2D eigenvalue weighted by Crippen LogP contribution is 2.30. The highest BCUT2D eigenvalue weighted by molar-refractivity contribution is 7.90. The summed E-state index contributed by atoms with van der Waals surface area (Å²) in [6.45, 7) is 0.427. The number of nitrogens with one attached hydrogen (secondary N) is 1. The molecule has 6 nitrogen and oxygen atoms in total. The zero-order valence-electron chi connectivity index (χ0n) is 11.9. The molecule has 116 valence electrons. The second-order valence-corrected chi connectivity index (χ2v) is 7.48. The molecular formula is C14H20N2O4S. The number of anilines is 1. The molecule has 21 heavy (non-hydrogen) atoms. The highest BCUT2D eigenvalue weighted by atomic mass is 32.2. The van der Waals surface area contributed by atoms with Crippen LogP contribution in [0.4, 0.5) is 5.82 Å². The molecule has 1 fully saturated rings.